The fourth-order valence-electron chi connectivity index (χ4n) is 6.12. The second kappa shape index (κ2) is 4.37. The Hall–Kier alpha value is -1.26. The highest BCUT2D eigenvalue weighted by molar-refractivity contribution is 5.82. The van der Waals surface area contributed by atoms with E-state index in [1.54, 1.807) is 0 Å². The molecule has 3 unspecified atom stereocenters. The first-order valence-electron chi connectivity index (χ1n) is 7.94. The van der Waals surface area contributed by atoms with E-state index < -0.39 is 12.0 Å². The van der Waals surface area contributed by atoms with E-state index in [1.807, 2.05) is 0 Å². The highest BCUT2D eigenvalue weighted by Crippen LogP contribution is 2.66. The fourth-order valence-corrected chi connectivity index (χ4v) is 6.12. The summed E-state index contributed by atoms with van der Waals surface area (Å²) in [6.45, 7) is 6.19. The maximum Gasteiger partial charge on any atom is 0.325 e. The third-order valence-electron chi connectivity index (χ3n) is 5.72. The summed E-state index contributed by atoms with van der Waals surface area (Å²) in [7, 11) is 0. The largest absolute Gasteiger partial charge is 0.480 e. The third kappa shape index (κ3) is 2.62. The molecule has 118 valence electrons. The van der Waals surface area contributed by atoms with Crippen molar-refractivity contribution in [3.8, 4) is 0 Å². The van der Waals surface area contributed by atoms with Gasteiger partial charge in [0.15, 0.2) is 0 Å². The van der Waals surface area contributed by atoms with Crippen molar-refractivity contribution in [2.45, 2.75) is 70.9 Å². The molecule has 0 aromatic carbocycles. The van der Waals surface area contributed by atoms with Crippen LogP contribution in [0.1, 0.15) is 59.3 Å². The van der Waals surface area contributed by atoms with E-state index in [0.29, 0.717) is 16.7 Å². The Labute approximate surface area is 125 Å². The molecule has 3 N–H and O–H groups in total. The van der Waals surface area contributed by atoms with Crippen molar-refractivity contribution >= 4 is 12.0 Å². The molecule has 4 aliphatic carbocycles. The molecule has 5 heteroatoms. The summed E-state index contributed by atoms with van der Waals surface area (Å²) in [5, 5.41) is 14.6. The minimum atomic E-state index is -1.01. The van der Waals surface area contributed by atoms with Crippen molar-refractivity contribution in [3.63, 3.8) is 0 Å². The number of aliphatic carboxylic acids is 1. The molecular formula is C16H26N2O3. The third-order valence-corrected chi connectivity index (χ3v) is 5.72. The lowest BCUT2D eigenvalue weighted by molar-refractivity contribution is -0.138. The molecule has 2 amide bonds. The van der Waals surface area contributed by atoms with E-state index in [4.69, 9.17) is 5.11 Å². The van der Waals surface area contributed by atoms with Gasteiger partial charge in [-0.05, 0) is 62.2 Å². The van der Waals surface area contributed by atoms with E-state index in [1.165, 1.54) is 26.2 Å². The Bertz CT molecular complexity index is 472. The minimum absolute atomic E-state index is 0.134. The van der Waals surface area contributed by atoms with E-state index in [0.717, 1.165) is 19.3 Å². The summed E-state index contributed by atoms with van der Waals surface area (Å²) in [5.41, 5.74) is 0.533. The summed E-state index contributed by atoms with van der Waals surface area (Å²) in [6, 6.07) is -1.19. The number of carboxylic acid groups (broad SMARTS) is 1. The molecule has 0 aromatic rings. The van der Waals surface area contributed by atoms with Crippen molar-refractivity contribution < 1.29 is 14.7 Å². The average Bonchev–Trinajstić information content (AvgIpc) is 2.21. The molecule has 3 atom stereocenters. The molecular weight excluding hydrogens is 268 g/mol. The Morgan fingerprint density at radius 3 is 2.14 bits per heavy atom. The molecule has 4 aliphatic rings. The molecule has 4 bridgehead atoms. The number of carbonyl (C=O) groups is 2. The van der Waals surface area contributed by atoms with Gasteiger partial charge >= 0.3 is 12.0 Å². The smallest absolute Gasteiger partial charge is 0.325 e. The van der Waals surface area contributed by atoms with Gasteiger partial charge in [0.25, 0.3) is 0 Å². The highest BCUT2D eigenvalue weighted by Gasteiger charge is 2.60. The van der Waals surface area contributed by atoms with E-state index in [9.17, 15) is 9.59 Å². The first kappa shape index (κ1) is 14.7. The molecule has 0 aromatic heterocycles. The molecule has 4 saturated carbocycles. The van der Waals surface area contributed by atoms with Crippen LogP contribution in [0.5, 0.6) is 0 Å². The van der Waals surface area contributed by atoms with Gasteiger partial charge in [-0.15, -0.1) is 0 Å². The number of carboxylic acids is 1. The molecule has 0 aliphatic heterocycles. The van der Waals surface area contributed by atoms with Crippen LogP contribution in [-0.4, -0.2) is 28.7 Å². The van der Waals surface area contributed by atoms with Crippen molar-refractivity contribution in [1.29, 1.82) is 0 Å². The fraction of sp³-hybridized carbons (Fsp3) is 0.875. The minimum Gasteiger partial charge on any atom is -0.480 e. The molecule has 0 heterocycles. The lowest BCUT2D eigenvalue weighted by atomic mass is 9.43. The predicted octanol–water partition coefficient (Wildman–Crippen LogP) is 2.51. The molecule has 21 heavy (non-hydrogen) atoms. The van der Waals surface area contributed by atoms with E-state index >= 15 is 0 Å². The number of carbonyl (C=O) groups excluding carboxylic acids is 1. The summed E-state index contributed by atoms with van der Waals surface area (Å²) in [6.07, 6.45) is 6.92. The average molecular weight is 294 g/mol. The van der Waals surface area contributed by atoms with Crippen molar-refractivity contribution in [1.82, 2.24) is 10.6 Å². The van der Waals surface area contributed by atoms with Gasteiger partial charge in [0.1, 0.15) is 6.04 Å². The zero-order valence-corrected chi connectivity index (χ0v) is 13.2. The van der Waals surface area contributed by atoms with Gasteiger partial charge in [-0.1, -0.05) is 13.8 Å². The van der Waals surface area contributed by atoms with Crippen LogP contribution in [-0.2, 0) is 4.79 Å². The first-order valence-corrected chi connectivity index (χ1v) is 7.94. The van der Waals surface area contributed by atoms with Gasteiger partial charge in [-0.3, -0.25) is 4.79 Å². The van der Waals surface area contributed by atoms with Crippen LogP contribution in [0.4, 0.5) is 4.79 Å². The topological polar surface area (TPSA) is 78.4 Å². The number of hydrogen-bond donors (Lipinski definition) is 3. The maximum absolute atomic E-state index is 12.2. The van der Waals surface area contributed by atoms with Crippen LogP contribution in [0.15, 0.2) is 0 Å². The molecule has 4 fully saturated rings. The lowest BCUT2D eigenvalue weighted by Gasteiger charge is -2.65. The van der Waals surface area contributed by atoms with Gasteiger partial charge in [-0.2, -0.15) is 0 Å². The van der Waals surface area contributed by atoms with Crippen LogP contribution in [0, 0.1) is 16.7 Å². The van der Waals surface area contributed by atoms with Gasteiger partial charge in [0, 0.05) is 5.54 Å². The zero-order chi connectivity index (χ0) is 15.5. The molecule has 0 radical (unpaired) electrons. The zero-order valence-electron chi connectivity index (χ0n) is 13.2. The highest BCUT2D eigenvalue weighted by atomic mass is 16.4. The Kier molecular flexibility index (Phi) is 3.05. The molecule has 0 saturated heterocycles. The molecule has 0 spiro atoms. The maximum atomic E-state index is 12.2. The second-order valence-corrected chi connectivity index (χ2v) is 8.57. The molecule has 5 nitrogen and oxygen atoms in total. The summed E-state index contributed by atoms with van der Waals surface area (Å²) < 4.78 is 0. The van der Waals surface area contributed by atoms with Gasteiger partial charge in [0.2, 0.25) is 0 Å². The quantitative estimate of drug-likeness (QED) is 0.748. The number of amides is 2. The van der Waals surface area contributed by atoms with Crippen LogP contribution in [0.3, 0.4) is 0 Å². The van der Waals surface area contributed by atoms with Crippen molar-refractivity contribution in [3.05, 3.63) is 0 Å². The monoisotopic (exact) mass is 294 g/mol. The van der Waals surface area contributed by atoms with Crippen LogP contribution in [0.25, 0.3) is 0 Å². The first-order chi connectivity index (χ1) is 9.63. The second-order valence-electron chi connectivity index (χ2n) is 8.57. The predicted molar refractivity (Wildman–Crippen MR) is 78.9 cm³/mol. The Balaban J connectivity index is 1.73. The van der Waals surface area contributed by atoms with E-state index in [-0.39, 0.29) is 11.6 Å². The number of rotatable bonds is 3. The van der Waals surface area contributed by atoms with Gasteiger partial charge < -0.3 is 15.7 Å². The Morgan fingerprint density at radius 2 is 1.67 bits per heavy atom. The number of nitrogens with one attached hydrogen (secondary N) is 2. The SMILES string of the molecule is CC(NC(=O)NC12CC3CC(C)(CC(C)(C3)C1)C2)C(=O)O. The van der Waals surface area contributed by atoms with Crippen molar-refractivity contribution in [2.75, 3.05) is 0 Å². The Morgan fingerprint density at radius 1 is 1.10 bits per heavy atom. The van der Waals surface area contributed by atoms with Gasteiger partial charge in [-0.25, -0.2) is 4.79 Å². The van der Waals surface area contributed by atoms with Crippen LogP contribution in [0.2, 0.25) is 0 Å². The summed E-state index contributed by atoms with van der Waals surface area (Å²) in [5.74, 6) is -0.303. The lowest BCUT2D eigenvalue weighted by Crippen LogP contribution is -2.66. The number of urea groups is 1. The number of hydrogen-bond acceptors (Lipinski definition) is 2. The van der Waals surface area contributed by atoms with Gasteiger partial charge in [0.05, 0.1) is 0 Å². The molecule has 4 rings (SSSR count). The summed E-state index contributed by atoms with van der Waals surface area (Å²) >= 11 is 0. The summed E-state index contributed by atoms with van der Waals surface area (Å²) in [4.78, 5) is 23.0. The van der Waals surface area contributed by atoms with Crippen LogP contribution >= 0.6 is 0 Å². The van der Waals surface area contributed by atoms with Crippen molar-refractivity contribution in [2.24, 2.45) is 16.7 Å². The normalized spacial score (nSPS) is 45.2. The standard InChI is InChI=1S/C16H26N2O3/c1-10(12(19)20)17-13(21)18-16-6-11-4-14(2,8-16)7-15(3,5-11)9-16/h10-11H,4-9H2,1-3H3,(H,19,20)(H2,17,18,21). The van der Waals surface area contributed by atoms with E-state index in [2.05, 4.69) is 24.5 Å². The van der Waals surface area contributed by atoms with Crippen LogP contribution < -0.4 is 10.6 Å².